The van der Waals surface area contributed by atoms with Crippen LogP contribution < -0.4 is 20.5 Å². The fourth-order valence-corrected chi connectivity index (χ4v) is 1.88. The van der Waals surface area contributed by atoms with Gasteiger partial charge in [0.05, 0.1) is 24.6 Å². The summed E-state index contributed by atoms with van der Waals surface area (Å²) in [6.45, 7) is 5.08. The van der Waals surface area contributed by atoms with Crippen LogP contribution >= 0.6 is 0 Å². The summed E-state index contributed by atoms with van der Waals surface area (Å²) >= 11 is 0. The van der Waals surface area contributed by atoms with E-state index in [1.165, 1.54) is 0 Å². The molecule has 2 aromatic rings. The molecule has 20 heavy (non-hydrogen) atoms. The van der Waals surface area contributed by atoms with Gasteiger partial charge in [-0.2, -0.15) is 5.10 Å². The average molecular weight is 276 g/mol. The van der Waals surface area contributed by atoms with Gasteiger partial charge in [-0.3, -0.25) is 4.68 Å². The molecule has 0 radical (unpaired) electrons. The molecule has 3 N–H and O–H groups in total. The number of hydrogen-bond donors (Lipinski definition) is 2. The van der Waals surface area contributed by atoms with Crippen molar-refractivity contribution in [3.63, 3.8) is 0 Å². The number of nitrogens with zero attached hydrogens (tertiary/aromatic N) is 2. The Hall–Kier alpha value is -2.37. The van der Waals surface area contributed by atoms with Crippen molar-refractivity contribution in [1.29, 1.82) is 0 Å². The molecule has 0 bridgehead atoms. The van der Waals surface area contributed by atoms with E-state index in [1.54, 1.807) is 10.9 Å². The first-order valence-corrected chi connectivity index (χ1v) is 6.59. The van der Waals surface area contributed by atoms with Crippen LogP contribution in [0.4, 0.5) is 17.2 Å². The molecule has 0 spiro atoms. The van der Waals surface area contributed by atoms with Gasteiger partial charge in [0.2, 0.25) is 0 Å². The maximum atomic E-state index is 5.89. The van der Waals surface area contributed by atoms with E-state index in [0.717, 1.165) is 17.2 Å². The second-order valence-electron chi connectivity index (χ2n) is 4.26. The van der Waals surface area contributed by atoms with Crippen LogP contribution in [0.15, 0.2) is 24.4 Å². The molecule has 2 rings (SSSR count). The van der Waals surface area contributed by atoms with Gasteiger partial charge in [-0.05, 0) is 26.0 Å². The Labute approximate surface area is 118 Å². The maximum absolute atomic E-state index is 5.89. The normalized spacial score (nSPS) is 10.3. The zero-order valence-electron chi connectivity index (χ0n) is 12.0. The molecule has 0 saturated carbocycles. The zero-order valence-corrected chi connectivity index (χ0v) is 12.0. The van der Waals surface area contributed by atoms with E-state index in [0.29, 0.717) is 24.7 Å². The largest absolute Gasteiger partial charge is 0.494 e. The lowest BCUT2D eigenvalue weighted by molar-refractivity contribution is 0.332. The van der Waals surface area contributed by atoms with Crippen molar-refractivity contribution in [2.24, 2.45) is 7.05 Å². The van der Waals surface area contributed by atoms with Gasteiger partial charge in [0, 0.05) is 19.3 Å². The Kier molecular flexibility index (Phi) is 4.34. The second kappa shape index (κ2) is 6.18. The summed E-state index contributed by atoms with van der Waals surface area (Å²) in [5.41, 5.74) is 7.25. The number of rotatable bonds is 6. The van der Waals surface area contributed by atoms with Crippen molar-refractivity contribution in [1.82, 2.24) is 9.78 Å². The van der Waals surface area contributed by atoms with Crippen LogP contribution in [0.3, 0.4) is 0 Å². The van der Waals surface area contributed by atoms with Gasteiger partial charge in [0.25, 0.3) is 0 Å². The molecule has 0 fully saturated rings. The number of benzene rings is 1. The van der Waals surface area contributed by atoms with Crippen molar-refractivity contribution in [2.75, 3.05) is 24.3 Å². The number of nitrogens with two attached hydrogens (primary N) is 1. The first kappa shape index (κ1) is 14.0. The molecule has 1 heterocycles. The highest BCUT2D eigenvalue weighted by molar-refractivity contribution is 5.72. The molecule has 6 heteroatoms. The highest BCUT2D eigenvalue weighted by Gasteiger charge is 2.10. The summed E-state index contributed by atoms with van der Waals surface area (Å²) in [4.78, 5) is 0. The van der Waals surface area contributed by atoms with Gasteiger partial charge in [0.15, 0.2) is 5.82 Å². The smallest absolute Gasteiger partial charge is 0.175 e. The van der Waals surface area contributed by atoms with Crippen LogP contribution in [-0.2, 0) is 7.05 Å². The monoisotopic (exact) mass is 276 g/mol. The van der Waals surface area contributed by atoms with E-state index in [-0.39, 0.29) is 0 Å². The number of nitrogens with one attached hydrogen (secondary N) is 1. The van der Waals surface area contributed by atoms with Crippen LogP contribution in [-0.4, -0.2) is 23.0 Å². The predicted octanol–water partition coefficient (Wildman–Crippen LogP) is 2.54. The minimum absolute atomic E-state index is 0.580. The Morgan fingerprint density at radius 2 is 2.00 bits per heavy atom. The standard InChI is InChI=1S/C14H20N4O2/c1-4-19-10-6-7-13(20-5-2)12(8-10)16-14-11(15)9-18(3)17-14/h6-9H,4-5,15H2,1-3H3,(H,16,17). The molecule has 0 unspecified atom stereocenters. The van der Waals surface area contributed by atoms with Crippen LogP contribution in [0, 0.1) is 0 Å². The van der Waals surface area contributed by atoms with Gasteiger partial charge < -0.3 is 20.5 Å². The summed E-state index contributed by atoms with van der Waals surface area (Å²) < 4.78 is 12.8. The highest BCUT2D eigenvalue weighted by Crippen LogP contribution is 2.32. The minimum Gasteiger partial charge on any atom is -0.494 e. The number of aromatic nitrogens is 2. The van der Waals surface area contributed by atoms with Crippen LogP contribution in [0.1, 0.15) is 13.8 Å². The fourth-order valence-electron chi connectivity index (χ4n) is 1.88. The van der Waals surface area contributed by atoms with Gasteiger partial charge in [0.1, 0.15) is 11.5 Å². The second-order valence-corrected chi connectivity index (χ2v) is 4.26. The van der Waals surface area contributed by atoms with E-state index in [4.69, 9.17) is 15.2 Å². The summed E-state index contributed by atoms with van der Waals surface area (Å²) in [5, 5.41) is 7.45. The third-order valence-corrected chi connectivity index (χ3v) is 2.67. The maximum Gasteiger partial charge on any atom is 0.175 e. The van der Waals surface area contributed by atoms with Crippen molar-refractivity contribution in [3.05, 3.63) is 24.4 Å². The predicted molar refractivity (Wildman–Crippen MR) is 79.7 cm³/mol. The summed E-state index contributed by atoms with van der Waals surface area (Å²) in [6, 6.07) is 5.63. The first-order chi connectivity index (χ1) is 9.63. The molecular weight excluding hydrogens is 256 g/mol. The third-order valence-electron chi connectivity index (χ3n) is 2.67. The van der Waals surface area contributed by atoms with Crippen LogP contribution in [0.5, 0.6) is 11.5 Å². The lowest BCUT2D eigenvalue weighted by atomic mass is 10.2. The Morgan fingerprint density at radius 3 is 2.60 bits per heavy atom. The SMILES string of the molecule is CCOc1ccc(OCC)c(Nc2nn(C)cc2N)c1. The van der Waals surface area contributed by atoms with Crippen LogP contribution in [0.2, 0.25) is 0 Å². The lowest BCUT2D eigenvalue weighted by Crippen LogP contribution is -2.01. The quantitative estimate of drug-likeness (QED) is 0.848. The molecule has 1 aromatic heterocycles. The van der Waals surface area contributed by atoms with E-state index in [1.807, 2.05) is 39.1 Å². The fraction of sp³-hybridized carbons (Fsp3) is 0.357. The molecule has 0 atom stereocenters. The summed E-state index contributed by atoms with van der Waals surface area (Å²) in [5.74, 6) is 2.11. The first-order valence-electron chi connectivity index (χ1n) is 6.59. The minimum atomic E-state index is 0.580. The van der Waals surface area contributed by atoms with E-state index >= 15 is 0 Å². The van der Waals surface area contributed by atoms with E-state index < -0.39 is 0 Å². The van der Waals surface area contributed by atoms with Crippen molar-refractivity contribution in [2.45, 2.75) is 13.8 Å². The molecule has 0 saturated heterocycles. The molecule has 1 aromatic carbocycles. The zero-order chi connectivity index (χ0) is 14.5. The summed E-state index contributed by atoms with van der Waals surface area (Å²) in [6.07, 6.45) is 1.75. The molecule has 0 aliphatic heterocycles. The number of anilines is 3. The van der Waals surface area contributed by atoms with Crippen molar-refractivity contribution >= 4 is 17.2 Å². The van der Waals surface area contributed by atoms with Gasteiger partial charge in [-0.25, -0.2) is 0 Å². The Bertz CT molecular complexity index is 581. The van der Waals surface area contributed by atoms with Crippen molar-refractivity contribution in [3.8, 4) is 11.5 Å². The van der Waals surface area contributed by atoms with E-state index in [2.05, 4.69) is 10.4 Å². The average Bonchev–Trinajstić information content (AvgIpc) is 2.71. The molecule has 0 amide bonds. The molecule has 6 nitrogen and oxygen atoms in total. The lowest BCUT2D eigenvalue weighted by Gasteiger charge is -2.13. The molecule has 108 valence electrons. The Morgan fingerprint density at radius 1 is 1.25 bits per heavy atom. The van der Waals surface area contributed by atoms with Gasteiger partial charge in [-0.1, -0.05) is 0 Å². The van der Waals surface area contributed by atoms with Gasteiger partial charge in [-0.15, -0.1) is 0 Å². The molecule has 0 aliphatic rings. The van der Waals surface area contributed by atoms with Crippen LogP contribution in [0.25, 0.3) is 0 Å². The highest BCUT2D eigenvalue weighted by atomic mass is 16.5. The number of ether oxygens (including phenoxy) is 2. The summed E-state index contributed by atoms with van der Waals surface area (Å²) in [7, 11) is 1.82. The number of aryl methyl sites for hydroxylation is 1. The van der Waals surface area contributed by atoms with Crippen molar-refractivity contribution < 1.29 is 9.47 Å². The Balaban J connectivity index is 2.31. The third kappa shape index (κ3) is 3.14. The topological polar surface area (TPSA) is 74.3 Å². The molecule has 0 aliphatic carbocycles. The van der Waals surface area contributed by atoms with Gasteiger partial charge >= 0.3 is 0 Å². The molecular formula is C14H20N4O2. The van der Waals surface area contributed by atoms with E-state index in [9.17, 15) is 0 Å². The number of nitrogen functional groups attached to an aromatic ring is 1. The number of hydrogen-bond acceptors (Lipinski definition) is 5.